The zero-order valence-corrected chi connectivity index (χ0v) is 12.7. The molecular formula is C16H26O4. The zero-order chi connectivity index (χ0) is 14.3. The molecule has 0 aromatic rings. The van der Waals surface area contributed by atoms with Crippen molar-refractivity contribution in [3.05, 3.63) is 0 Å². The predicted molar refractivity (Wildman–Crippen MR) is 74.2 cm³/mol. The topological polar surface area (TPSA) is 48.1 Å². The summed E-state index contributed by atoms with van der Waals surface area (Å²) < 4.78 is 16.8. The molecule has 0 aromatic heterocycles. The lowest BCUT2D eigenvalue weighted by molar-refractivity contribution is -0.155. The first-order chi connectivity index (χ1) is 9.54. The number of ether oxygens (including phenoxy) is 3. The second kappa shape index (κ2) is 5.64. The van der Waals surface area contributed by atoms with Crippen molar-refractivity contribution < 1.29 is 19.0 Å². The highest BCUT2D eigenvalue weighted by Gasteiger charge is 2.49. The Hall–Kier alpha value is -0.610. The number of carbonyl (C=O) groups excluding carboxylic acids is 1. The third-order valence-electron chi connectivity index (χ3n) is 5.29. The van der Waals surface area contributed by atoms with Gasteiger partial charge in [-0.25, -0.2) is 0 Å². The van der Waals surface area contributed by atoms with E-state index in [0.717, 1.165) is 25.9 Å². The molecule has 0 amide bonds. The summed E-state index contributed by atoms with van der Waals surface area (Å²) in [6.07, 6.45) is 3.88. The largest absolute Gasteiger partial charge is 0.465 e. The normalized spacial score (nSPS) is 47.5. The van der Waals surface area contributed by atoms with Gasteiger partial charge >= 0.3 is 5.97 Å². The van der Waals surface area contributed by atoms with Crippen LogP contribution in [0.25, 0.3) is 0 Å². The molecule has 0 radical (unpaired) electrons. The second-order valence-corrected chi connectivity index (χ2v) is 7.02. The van der Waals surface area contributed by atoms with Crippen LogP contribution in [0.3, 0.4) is 0 Å². The van der Waals surface area contributed by atoms with Crippen LogP contribution in [0, 0.1) is 23.7 Å². The fourth-order valence-electron chi connectivity index (χ4n) is 3.64. The van der Waals surface area contributed by atoms with Gasteiger partial charge in [0.2, 0.25) is 0 Å². The molecule has 3 fully saturated rings. The number of esters is 1. The Balaban J connectivity index is 1.48. The zero-order valence-electron chi connectivity index (χ0n) is 12.7. The molecular weight excluding hydrogens is 256 g/mol. The smallest absolute Gasteiger partial charge is 0.309 e. The molecule has 0 bridgehead atoms. The summed E-state index contributed by atoms with van der Waals surface area (Å²) in [7, 11) is 0. The molecule has 7 atom stereocenters. The van der Waals surface area contributed by atoms with Gasteiger partial charge in [0.25, 0.3) is 0 Å². The van der Waals surface area contributed by atoms with Gasteiger partial charge in [0.15, 0.2) is 0 Å². The number of rotatable bonds is 3. The van der Waals surface area contributed by atoms with E-state index in [0.29, 0.717) is 36.6 Å². The van der Waals surface area contributed by atoms with Crippen molar-refractivity contribution in [3.63, 3.8) is 0 Å². The van der Waals surface area contributed by atoms with Gasteiger partial charge in [0.1, 0.15) is 0 Å². The molecule has 7 unspecified atom stereocenters. The van der Waals surface area contributed by atoms with Gasteiger partial charge in [-0.2, -0.15) is 0 Å². The first kappa shape index (κ1) is 14.3. The minimum atomic E-state index is -0.0159. The molecule has 3 rings (SSSR count). The van der Waals surface area contributed by atoms with Crippen molar-refractivity contribution in [2.45, 2.75) is 58.3 Å². The van der Waals surface area contributed by atoms with Crippen molar-refractivity contribution in [1.29, 1.82) is 0 Å². The van der Waals surface area contributed by atoms with E-state index in [1.54, 1.807) is 0 Å². The molecule has 3 aliphatic rings. The Morgan fingerprint density at radius 2 is 1.85 bits per heavy atom. The summed E-state index contributed by atoms with van der Waals surface area (Å²) in [6.45, 7) is 7.74. The molecule has 0 spiro atoms. The number of hydrogen-bond acceptors (Lipinski definition) is 4. The highest BCUT2D eigenvalue weighted by molar-refractivity contribution is 5.73. The molecule has 2 heterocycles. The minimum Gasteiger partial charge on any atom is -0.465 e. The molecule has 4 heteroatoms. The van der Waals surface area contributed by atoms with E-state index >= 15 is 0 Å². The van der Waals surface area contributed by atoms with E-state index in [1.165, 1.54) is 0 Å². The summed E-state index contributed by atoms with van der Waals surface area (Å²) in [4.78, 5) is 12.3. The monoisotopic (exact) mass is 282 g/mol. The maximum atomic E-state index is 12.3. The van der Waals surface area contributed by atoms with Crippen molar-refractivity contribution in [3.8, 4) is 0 Å². The second-order valence-electron chi connectivity index (χ2n) is 7.02. The van der Waals surface area contributed by atoms with Gasteiger partial charge in [-0.3, -0.25) is 4.79 Å². The average Bonchev–Trinajstić information content (AvgIpc) is 3.16. The number of carbonyl (C=O) groups is 1. The fraction of sp³-hybridized carbons (Fsp3) is 0.938. The molecule has 114 valence electrons. The fourth-order valence-corrected chi connectivity index (χ4v) is 3.64. The molecule has 20 heavy (non-hydrogen) atoms. The van der Waals surface area contributed by atoms with E-state index in [-0.39, 0.29) is 18.0 Å². The van der Waals surface area contributed by atoms with Gasteiger partial charge in [0.05, 0.1) is 30.8 Å². The summed E-state index contributed by atoms with van der Waals surface area (Å²) in [5.41, 5.74) is 0. The molecule has 0 N–H and O–H groups in total. The Bertz CT molecular complexity index is 369. The van der Waals surface area contributed by atoms with Gasteiger partial charge in [0, 0.05) is 12.5 Å². The Labute approximate surface area is 121 Å². The van der Waals surface area contributed by atoms with E-state index in [2.05, 4.69) is 20.8 Å². The third-order valence-corrected chi connectivity index (χ3v) is 5.29. The van der Waals surface area contributed by atoms with Crippen LogP contribution in [0.15, 0.2) is 0 Å². The van der Waals surface area contributed by atoms with Crippen LogP contribution in [0.1, 0.15) is 40.0 Å². The lowest BCUT2D eigenvalue weighted by atomic mass is 9.80. The van der Waals surface area contributed by atoms with Crippen LogP contribution in [0.4, 0.5) is 0 Å². The van der Waals surface area contributed by atoms with Crippen molar-refractivity contribution >= 4 is 5.97 Å². The van der Waals surface area contributed by atoms with Crippen LogP contribution in [0.5, 0.6) is 0 Å². The minimum absolute atomic E-state index is 0.0159. The van der Waals surface area contributed by atoms with Crippen LogP contribution in [-0.4, -0.2) is 37.5 Å². The van der Waals surface area contributed by atoms with Crippen LogP contribution < -0.4 is 0 Å². The van der Waals surface area contributed by atoms with Crippen molar-refractivity contribution in [1.82, 2.24) is 0 Å². The van der Waals surface area contributed by atoms with Gasteiger partial charge < -0.3 is 14.2 Å². The Morgan fingerprint density at radius 1 is 1.10 bits per heavy atom. The summed E-state index contributed by atoms with van der Waals surface area (Å²) in [5.74, 6) is 1.31. The molecule has 1 saturated carbocycles. The maximum Gasteiger partial charge on any atom is 0.309 e. The predicted octanol–water partition coefficient (Wildman–Crippen LogP) is 2.40. The third kappa shape index (κ3) is 3.01. The Morgan fingerprint density at radius 3 is 2.65 bits per heavy atom. The Kier molecular flexibility index (Phi) is 4.04. The van der Waals surface area contributed by atoms with E-state index in [1.807, 2.05) is 0 Å². The van der Waals surface area contributed by atoms with Crippen molar-refractivity contribution in [2.24, 2.45) is 23.7 Å². The number of epoxide rings is 1. The standard InChI is InChI=1S/C16H26O4/c1-9-4-14-15(20-14)6-13(9)16(17)19-8-12-5-11(3)18-7-10(12)2/h9-15H,4-8H2,1-3H3. The molecule has 0 aromatic carbocycles. The van der Waals surface area contributed by atoms with Crippen LogP contribution in [0.2, 0.25) is 0 Å². The van der Waals surface area contributed by atoms with Gasteiger partial charge in [-0.05, 0) is 38.0 Å². The molecule has 1 aliphatic carbocycles. The number of hydrogen-bond donors (Lipinski definition) is 0. The van der Waals surface area contributed by atoms with Crippen molar-refractivity contribution in [2.75, 3.05) is 13.2 Å². The van der Waals surface area contributed by atoms with Crippen LogP contribution in [-0.2, 0) is 19.0 Å². The summed E-state index contributed by atoms with van der Waals surface area (Å²) in [6, 6.07) is 0. The van der Waals surface area contributed by atoms with Gasteiger partial charge in [-0.1, -0.05) is 13.8 Å². The summed E-state index contributed by atoms with van der Waals surface area (Å²) >= 11 is 0. The SMILES string of the molecule is CC1CC(COC(=O)C2CC3OC3CC2C)C(C)CO1. The molecule has 2 aliphatic heterocycles. The lowest BCUT2D eigenvalue weighted by Gasteiger charge is -2.33. The van der Waals surface area contributed by atoms with E-state index in [4.69, 9.17) is 14.2 Å². The summed E-state index contributed by atoms with van der Waals surface area (Å²) in [5, 5.41) is 0. The van der Waals surface area contributed by atoms with Crippen LogP contribution >= 0.6 is 0 Å². The van der Waals surface area contributed by atoms with Gasteiger partial charge in [-0.15, -0.1) is 0 Å². The maximum absolute atomic E-state index is 12.3. The molecule has 4 nitrogen and oxygen atoms in total. The first-order valence-electron chi connectivity index (χ1n) is 7.98. The van der Waals surface area contributed by atoms with E-state index < -0.39 is 0 Å². The highest BCUT2D eigenvalue weighted by atomic mass is 16.6. The first-order valence-corrected chi connectivity index (χ1v) is 7.98. The number of fused-ring (bicyclic) bond motifs is 1. The lowest BCUT2D eigenvalue weighted by Crippen LogP contribution is -2.36. The quantitative estimate of drug-likeness (QED) is 0.589. The average molecular weight is 282 g/mol. The molecule has 2 saturated heterocycles. The highest BCUT2D eigenvalue weighted by Crippen LogP contribution is 2.43. The van der Waals surface area contributed by atoms with E-state index in [9.17, 15) is 4.79 Å².